The fraction of sp³-hybridized carbons (Fsp3) is 0.829. The third kappa shape index (κ3) is 45.4. The van der Waals surface area contributed by atoms with Crippen molar-refractivity contribution in [2.45, 2.75) is 359 Å². The largest absolute Gasteiger partial charge is 0.454 e. The Labute approximate surface area is 497 Å². The fourth-order valence-electron chi connectivity index (χ4n) is 10.5. The maximum atomic E-state index is 13.4. The van der Waals surface area contributed by atoms with Crippen LogP contribution in [0.1, 0.15) is 310 Å². The second kappa shape index (κ2) is 57.8. The molecule has 1 rings (SSSR count). The van der Waals surface area contributed by atoms with Gasteiger partial charge in [-0.3, -0.25) is 9.59 Å². The van der Waals surface area contributed by atoms with E-state index in [1.807, 2.05) is 6.08 Å². The molecule has 1 aliphatic rings. The lowest BCUT2D eigenvalue weighted by atomic mass is 9.99. The topological polar surface area (TPSA) is 175 Å². The normalized spacial score (nSPS) is 19.0. The van der Waals surface area contributed by atoms with Crippen molar-refractivity contribution in [2.24, 2.45) is 0 Å². The monoisotopic (exact) mass is 1140 g/mol. The first-order chi connectivity index (χ1) is 39.7. The number of amides is 1. The van der Waals surface area contributed by atoms with Crippen LogP contribution in [0.3, 0.4) is 0 Å². The van der Waals surface area contributed by atoms with E-state index >= 15 is 0 Å². The molecule has 1 heterocycles. The molecule has 1 amide bonds. The number of nitrogens with one attached hydrogen (secondary N) is 1. The van der Waals surface area contributed by atoms with E-state index < -0.39 is 67.4 Å². The number of carbonyl (C=O) groups excluding carboxylic acids is 2. The van der Waals surface area contributed by atoms with Gasteiger partial charge in [-0.1, -0.05) is 293 Å². The van der Waals surface area contributed by atoms with Gasteiger partial charge in [-0.25, -0.2) is 0 Å². The molecule has 1 saturated heterocycles. The summed E-state index contributed by atoms with van der Waals surface area (Å²) in [5, 5.41) is 57.0. The van der Waals surface area contributed by atoms with Gasteiger partial charge in [0.05, 0.1) is 25.4 Å². The molecule has 1 fully saturated rings. The number of hydrogen-bond donors (Lipinski definition) is 6. The molecule has 11 nitrogen and oxygen atoms in total. The summed E-state index contributed by atoms with van der Waals surface area (Å²) in [6, 6.07) is -1.04. The van der Waals surface area contributed by atoms with Crippen molar-refractivity contribution >= 4 is 11.9 Å². The van der Waals surface area contributed by atoms with Gasteiger partial charge in [0.15, 0.2) is 12.4 Å². The average molecular weight is 1140 g/mol. The predicted octanol–water partition coefficient (Wildman–Crippen LogP) is 17.0. The van der Waals surface area contributed by atoms with Gasteiger partial charge in [0.2, 0.25) is 5.91 Å². The number of allylic oxidation sites excluding steroid dienone is 9. The van der Waals surface area contributed by atoms with Gasteiger partial charge in [-0.2, -0.15) is 0 Å². The SMILES string of the molecule is CCCCC/C=C\C/C=C\C/C=C\C/C=C\CCCCC(O)C(=O)NC(COC1OC(CO)C(O)C(O)C1OC(=O)CCCCCCCCCCCCCCCCCCCCCCCCC)C(O)/C=C/CCCCCCCCCCC. The van der Waals surface area contributed by atoms with Crippen LogP contribution >= 0.6 is 0 Å². The zero-order valence-corrected chi connectivity index (χ0v) is 52.4. The number of carbonyl (C=O) groups is 2. The van der Waals surface area contributed by atoms with Crippen molar-refractivity contribution in [1.29, 1.82) is 0 Å². The van der Waals surface area contributed by atoms with Crippen molar-refractivity contribution in [3.63, 3.8) is 0 Å². The molecular formula is C70H127NO10. The maximum absolute atomic E-state index is 13.4. The van der Waals surface area contributed by atoms with Gasteiger partial charge in [0.25, 0.3) is 0 Å². The first-order valence-electron chi connectivity index (χ1n) is 34.1. The van der Waals surface area contributed by atoms with E-state index in [0.717, 1.165) is 77.0 Å². The number of aliphatic hydroxyl groups is 5. The van der Waals surface area contributed by atoms with Crippen LogP contribution in [0, 0.1) is 0 Å². The van der Waals surface area contributed by atoms with Crippen molar-refractivity contribution < 1.29 is 49.3 Å². The molecule has 1 aliphatic heterocycles. The Hall–Kier alpha value is -2.64. The smallest absolute Gasteiger partial charge is 0.306 e. The number of esters is 1. The lowest BCUT2D eigenvalue weighted by Crippen LogP contribution is -2.61. The van der Waals surface area contributed by atoms with Crippen LogP contribution in [0.5, 0.6) is 0 Å². The molecule has 8 atom stereocenters. The predicted molar refractivity (Wildman–Crippen MR) is 338 cm³/mol. The highest BCUT2D eigenvalue weighted by molar-refractivity contribution is 5.80. The molecule has 6 N–H and O–H groups in total. The van der Waals surface area contributed by atoms with Crippen molar-refractivity contribution in [3.05, 3.63) is 60.8 Å². The molecule has 0 radical (unpaired) electrons. The quantitative estimate of drug-likeness (QED) is 0.0195. The zero-order chi connectivity index (χ0) is 58.9. The Balaban J connectivity index is 2.60. The number of ether oxygens (including phenoxy) is 3. The average Bonchev–Trinajstić information content (AvgIpc) is 3.51. The van der Waals surface area contributed by atoms with Gasteiger partial charge < -0.3 is 45.1 Å². The second-order valence-corrected chi connectivity index (χ2v) is 23.6. The zero-order valence-electron chi connectivity index (χ0n) is 52.4. The second-order valence-electron chi connectivity index (χ2n) is 23.6. The summed E-state index contributed by atoms with van der Waals surface area (Å²) in [7, 11) is 0. The lowest BCUT2D eigenvalue weighted by Gasteiger charge is -2.41. The summed E-state index contributed by atoms with van der Waals surface area (Å²) in [5.74, 6) is -1.22. The van der Waals surface area contributed by atoms with Crippen LogP contribution < -0.4 is 5.32 Å². The number of unbranched alkanes of at least 4 members (excludes halogenated alkanes) is 36. The summed E-state index contributed by atoms with van der Waals surface area (Å²) in [4.78, 5) is 26.6. The number of aliphatic hydroxyl groups excluding tert-OH is 5. The number of rotatable bonds is 58. The van der Waals surface area contributed by atoms with E-state index in [4.69, 9.17) is 14.2 Å². The van der Waals surface area contributed by atoms with E-state index in [-0.39, 0.29) is 19.4 Å². The minimum Gasteiger partial charge on any atom is -0.454 e. The van der Waals surface area contributed by atoms with Crippen LogP contribution in [0.2, 0.25) is 0 Å². The molecule has 0 bridgehead atoms. The minimum atomic E-state index is -1.62. The maximum Gasteiger partial charge on any atom is 0.306 e. The molecule has 0 aromatic heterocycles. The Bertz CT molecular complexity index is 1550. The van der Waals surface area contributed by atoms with E-state index in [0.29, 0.717) is 12.8 Å². The number of hydrogen-bond acceptors (Lipinski definition) is 10. The first-order valence-corrected chi connectivity index (χ1v) is 34.1. The van der Waals surface area contributed by atoms with E-state index in [1.165, 1.54) is 186 Å². The molecule has 11 heteroatoms. The minimum absolute atomic E-state index is 0.122. The standard InChI is InChI=1S/C70H127NO10/c1-4-7-10-13-16-19-22-24-26-28-30-31-32-33-34-36-38-40-43-46-49-52-55-58-65(75)81-68-67(77)66(76)64(59-72)80-70(68)79-60-61(62(73)56-53-50-47-44-41-21-18-15-12-9-6-3)71-69(78)63(74)57-54-51-48-45-42-39-37-35-29-27-25-23-20-17-14-11-8-5-2/h17,20,25,27,35,37,42,45,53,56,61-64,66-68,70,72-74,76-77H,4-16,18-19,21-24,26,28-34,36,38-41,43-44,46-52,54-55,57-60H2,1-3H3,(H,71,78)/b20-17-,27-25-,37-35-,45-42-,56-53+. The van der Waals surface area contributed by atoms with Crippen molar-refractivity contribution in [1.82, 2.24) is 5.32 Å². The molecule has 0 saturated carbocycles. The Kier molecular flexibility index (Phi) is 54.5. The van der Waals surface area contributed by atoms with Crippen molar-refractivity contribution in [3.8, 4) is 0 Å². The van der Waals surface area contributed by atoms with Crippen LogP contribution in [0.4, 0.5) is 0 Å². The van der Waals surface area contributed by atoms with E-state index in [2.05, 4.69) is 74.7 Å². The fourth-order valence-corrected chi connectivity index (χ4v) is 10.5. The highest BCUT2D eigenvalue weighted by Crippen LogP contribution is 2.26. The Morgan fingerprint density at radius 2 is 0.852 bits per heavy atom. The van der Waals surface area contributed by atoms with Crippen molar-refractivity contribution in [2.75, 3.05) is 13.2 Å². The highest BCUT2D eigenvalue weighted by Gasteiger charge is 2.47. The van der Waals surface area contributed by atoms with E-state index in [1.54, 1.807) is 6.08 Å². The van der Waals surface area contributed by atoms with Gasteiger partial charge >= 0.3 is 5.97 Å². The van der Waals surface area contributed by atoms with Crippen LogP contribution in [-0.4, -0.2) is 99.6 Å². The molecule has 0 aliphatic carbocycles. The third-order valence-corrected chi connectivity index (χ3v) is 15.9. The molecular weight excluding hydrogens is 1010 g/mol. The lowest BCUT2D eigenvalue weighted by molar-refractivity contribution is -0.305. The van der Waals surface area contributed by atoms with Gasteiger partial charge in [0, 0.05) is 6.42 Å². The molecule has 0 aromatic carbocycles. The Morgan fingerprint density at radius 3 is 1.30 bits per heavy atom. The van der Waals surface area contributed by atoms with Gasteiger partial charge in [-0.15, -0.1) is 0 Å². The molecule has 472 valence electrons. The third-order valence-electron chi connectivity index (χ3n) is 15.9. The summed E-state index contributed by atoms with van der Waals surface area (Å²) < 4.78 is 17.7. The molecule has 0 spiro atoms. The Morgan fingerprint density at radius 1 is 0.481 bits per heavy atom. The molecule has 0 aromatic rings. The van der Waals surface area contributed by atoms with Crippen LogP contribution in [0.25, 0.3) is 0 Å². The highest BCUT2D eigenvalue weighted by atomic mass is 16.7. The van der Waals surface area contributed by atoms with Gasteiger partial charge in [0.1, 0.15) is 24.4 Å². The molecule has 81 heavy (non-hydrogen) atoms. The van der Waals surface area contributed by atoms with Gasteiger partial charge in [-0.05, 0) is 70.6 Å². The summed E-state index contributed by atoms with van der Waals surface area (Å²) in [6.45, 7) is 5.77. The summed E-state index contributed by atoms with van der Waals surface area (Å²) >= 11 is 0. The van der Waals surface area contributed by atoms with Crippen LogP contribution in [-0.2, 0) is 23.8 Å². The van der Waals surface area contributed by atoms with E-state index in [9.17, 15) is 35.1 Å². The summed E-state index contributed by atoms with van der Waals surface area (Å²) in [6.07, 6.45) is 62.7. The van der Waals surface area contributed by atoms with Crippen LogP contribution in [0.15, 0.2) is 60.8 Å². The first kappa shape index (κ1) is 76.4. The summed E-state index contributed by atoms with van der Waals surface area (Å²) in [5.41, 5.74) is 0. The molecule has 8 unspecified atom stereocenters.